The van der Waals surface area contributed by atoms with Gasteiger partial charge in [-0.3, -0.25) is 4.79 Å². The first-order valence-corrected chi connectivity index (χ1v) is 6.94. The maximum Gasteiger partial charge on any atom is 0.241 e. The van der Waals surface area contributed by atoms with E-state index >= 15 is 0 Å². The van der Waals surface area contributed by atoms with E-state index in [0.717, 1.165) is 16.9 Å². The van der Waals surface area contributed by atoms with Crippen LogP contribution in [0, 0.1) is 0 Å². The summed E-state index contributed by atoms with van der Waals surface area (Å²) < 4.78 is 0. The summed E-state index contributed by atoms with van der Waals surface area (Å²) in [5.74, 6) is -0.172. The van der Waals surface area contributed by atoms with E-state index in [1.807, 2.05) is 73.6 Å². The molecule has 1 amide bonds. The van der Waals surface area contributed by atoms with Gasteiger partial charge < -0.3 is 16.0 Å². The van der Waals surface area contributed by atoms with E-state index in [0.29, 0.717) is 6.42 Å². The van der Waals surface area contributed by atoms with Gasteiger partial charge in [0.2, 0.25) is 5.91 Å². The van der Waals surface area contributed by atoms with Gasteiger partial charge in [-0.15, -0.1) is 0 Å². The average molecular weight is 283 g/mol. The molecule has 1 atom stereocenters. The highest BCUT2D eigenvalue weighted by Crippen LogP contribution is 2.17. The number of carbonyl (C=O) groups is 1. The highest BCUT2D eigenvalue weighted by Gasteiger charge is 2.14. The van der Waals surface area contributed by atoms with Crippen LogP contribution in [0.1, 0.15) is 5.56 Å². The molecular weight excluding hydrogens is 262 g/mol. The monoisotopic (exact) mass is 283 g/mol. The van der Waals surface area contributed by atoms with Crippen molar-refractivity contribution < 1.29 is 4.79 Å². The minimum Gasteiger partial charge on any atom is -0.378 e. The van der Waals surface area contributed by atoms with E-state index in [4.69, 9.17) is 5.73 Å². The molecule has 0 aliphatic carbocycles. The van der Waals surface area contributed by atoms with Crippen LogP contribution in [0.15, 0.2) is 54.6 Å². The minimum absolute atomic E-state index is 0.172. The van der Waals surface area contributed by atoms with Crippen LogP contribution in [0.4, 0.5) is 11.4 Å². The highest BCUT2D eigenvalue weighted by molar-refractivity contribution is 5.95. The molecule has 2 aromatic rings. The summed E-state index contributed by atoms with van der Waals surface area (Å²) in [6.07, 6.45) is 0.528. The lowest BCUT2D eigenvalue weighted by molar-refractivity contribution is -0.117. The second-order valence-corrected chi connectivity index (χ2v) is 5.23. The number of hydrogen-bond acceptors (Lipinski definition) is 3. The average Bonchev–Trinajstić information content (AvgIpc) is 2.48. The zero-order valence-corrected chi connectivity index (χ0v) is 12.4. The van der Waals surface area contributed by atoms with Crippen LogP contribution in [0.5, 0.6) is 0 Å². The lowest BCUT2D eigenvalue weighted by atomic mass is 10.1. The van der Waals surface area contributed by atoms with E-state index < -0.39 is 6.04 Å². The summed E-state index contributed by atoms with van der Waals surface area (Å²) in [6.45, 7) is 0. The van der Waals surface area contributed by atoms with Gasteiger partial charge in [-0.1, -0.05) is 36.4 Å². The molecule has 0 aromatic heterocycles. The van der Waals surface area contributed by atoms with Gasteiger partial charge in [0.05, 0.1) is 6.04 Å². The molecule has 0 spiro atoms. The number of nitrogens with two attached hydrogens (primary N) is 1. The third kappa shape index (κ3) is 4.33. The number of carbonyl (C=O) groups excluding carboxylic acids is 1. The van der Waals surface area contributed by atoms with Crippen molar-refractivity contribution in [2.24, 2.45) is 5.73 Å². The Morgan fingerprint density at radius 2 is 1.86 bits per heavy atom. The Bertz CT molecular complexity index is 596. The molecular formula is C17H21N3O. The van der Waals surface area contributed by atoms with Crippen molar-refractivity contribution >= 4 is 17.3 Å². The van der Waals surface area contributed by atoms with Crippen molar-refractivity contribution in [1.29, 1.82) is 0 Å². The van der Waals surface area contributed by atoms with E-state index in [2.05, 4.69) is 5.32 Å². The van der Waals surface area contributed by atoms with Crippen LogP contribution in [0.2, 0.25) is 0 Å². The van der Waals surface area contributed by atoms with Gasteiger partial charge in [-0.25, -0.2) is 0 Å². The van der Waals surface area contributed by atoms with Crippen LogP contribution in [0.3, 0.4) is 0 Å². The number of anilines is 2. The Labute approximate surface area is 125 Å². The van der Waals surface area contributed by atoms with E-state index in [1.165, 1.54) is 0 Å². The standard InChI is InChI=1S/C17H21N3O/c1-20(2)15-10-6-9-14(12-15)19-17(21)16(18)11-13-7-4-3-5-8-13/h3-10,12,16H,11,18H2,1-2H3,(H,19,21). The quantitative estimate of drug-likeness (QED) is 0.885. The van der Waals surface area contributed by atoms with Crippen LogP contribution in [-0.2, 0) is 11.2 Å². The number of rotatable bonds is 5. The fraction of sp³-hybridized carbons (Fsp3) is 0.235. The van der Waals surface area contributed by atoms with Gasteiger partial charge in [0.25, 0.3) is 0 Å². The summed E-state index contributed by atoms with van der Waals surface area (Å²) in [6, 6.07) is 16.9. The van der Waals surface area contributed by atoms with Gasteiger partial charge in [0, 0.05) is 25.5 Å². The normalized spacial score (nSPS) is 11.8. The molecule has 2 rings (SSSR count). The fourth-order valence-corrected chi connectivity index (χ4v) is 2.06. The third-order valence-electron chi connectivity index (χ3n) is 3.27. The number of nitrogens with one attached hydrogen (secondary N) is 1. The fourth-order valence-electron chi connectivity index (χ4n) is 2.06. The van der Waals surface area contributed by atoms with Crippen LogP contribution in [-0.4, -0.2) is 26.0 Å². The van der Waals surface area contributed by atoms with Gasteiger partial charge in [-0.2, -0.15) is 0 Å². The summed E-state index contributed by atoms with van der Waals surface area (Å²) in [7, 11) is 3.92. The smallest absolute Gasteiger partial charge is 0.241 e. The Hall–Kier alpha value is -2.33. The molecule has 4 heteroatoms. The van der Waals surface area contributed by atoms with Crippen molar-refractivity contribution in [3.05, 3.63) is 60.2 Å². The zero-order chi connectivity index (χ0) is 15.2. The molecule has 21 heavy (non-hydrogen) atoms. The molecule has 1 unspecified atom stereocenters. The first-order valence-electron chi connectivity index (χ1n) is 6.94. The molecule has 0 radical (unpaired) electrons. The lowest BCUT2D eigenvalue weighted by Crippen LogP contribution is -2.37. The SMILES string of the molecule is CN(C)c1cccc(NC(=O)C(N)Cc2ccccc2)c1. The number of hydrogen-bond donors (Lipinski definition) is 2. The zero-order valence-electron chi connectivity index (χ0n) is 12.4. The van der Waals surface area contributed by atoms with Gasteiger partial charge in [-0.05, 0) is 30.2 Å². The Balaban J connectivity index is 1.99. The van der Waals surface area contributed by atoms with Crippen molar-refractivity contribution in [2.75, 3.05) is 24.3 Å². The molecule has 0 saturated carbocycles. The molecule has 0 fully saturated rings. The summed E-state index contributed by atoms with van der Waals surface area (Å²) in [4.78, 5) is 14.1. The molecule has 3 N–H and O–H groups in total. The second kappa shape index (κ2) is 6.90. The molecule has 0 saturated heterocycles. The van der Waals surface area contributed by atoms with E-state index in [9.17, 15) is 4.79 Å². The summed E-state index contributed by atoms with van der Waals surface area (Å²) in [5, 5.41) is 2.87. The highest BCUT2D eigenvalue weighted by atomic mass is 16.2. The molecule has 0 aliphatic heterocycles. The van der Waals surface area contributed by atoms with Gasteiger partial charge in [0.1, 0.15) is 0 Å². The van der Waals surface area contributed by atoms with Crippen LogP contribution in [0.25, 0.3) is 0 Å². The topological polar surface area (TPSA) is 58.4 Å². The van der Waals surface area contributed by atoms with E-state index in [1.54, 1.807) is 0 Å². The maximum absolute atomic E-state index is 12.1. The third-order valence-corrected chi connectivity index (χ3v) is 3.27. The number of amides is 1. The summed E-state index contributed by atoms with van der Waals surface area (Å²) >= 11 is 0. The first-order chi connectivity index (χ1) is 10.1. The molecule has 110 valence electrons. The predicted molar refractivity (Wildman–Crippen MR) is 87.5 cm³/mol. The largest absolute Gasteiger partial charge is 0.378 e. The molecule has 0 heterocycles. The van der Waals surface area contributed by atoms with Crippen molar-refractivity contribution in [2.45, 2.75) is 12.5 Å². The molecule has 0 bridgehead atoms. The molecule has 0 aliphatic rings. The Kier molecular flexibility index (Phi) is 4.95. The predicted octanol–water partition coefficient (Wildman–Crippen LogP) is 2.26. The maximum atomic E-state index is 12.1. The minimum atomic E-state index is -0.560. The van der Waals surface area contributed by atoms with Gasteiger partial charge >= 0.3 is 0 Å². The van der Waals surface area contributed by atoms with Crippen molar-refractivity contribution in [3.8, 4) is 0 Å². The Morgan fingerprint density at radius 3 is 2.52 bits per heavy atom. The van der Waals surface area contributed by atoms with Crippen LogP contribution >= 0.6 is 0 Å². The molecule has 2 aromatic carbocycles. The van der Waals surface area contributed by atoms with Gasteiger partial charge in [0.15, 0.2) is 0 Å². The number of benzene rings is 2. The van der Waals surface area contributed by atoms with E-state index in [-0.39, 0.29) is 5.91 Å². The second-order valence-electron chi connectivity index (χ2n) is 5.23. The van der Waals surface area contributed by atoms with Crippen LogP contribution < -0.4 is 16.0 Å². The van der Waals surface area contributed by atoms with Crippen molar-refractivity contribution in [3.63, 3.8) is 0 Å². The molecule has 4 nitrogen and oxygen atoms in total. The number of nitrogens with zero attached hydrogens (tertiary/aromatic N) is 1. The lowest BCUT2D eigenvalue weighted by Gasteiger charge is -2.16. The first kappa shape index (κ1) is 15.1. The summed E-state index contributed by atoms with van der Waals surface area (Å²) in [5.41, 5.74) is 8.82. The Morgan fingerprint density at radius 1 is 1.14 bits per heavy atom. The van der Waals surface area contributed by atoms with Crippen molar-refractivity contribution in [1.82, 2.24) is 0 Å².